The van der Waals surface area contributed by atoms with Crippen LogP contribution in [0.25, 0.3) is 10.9 Å². The fourth-order valence-electron chi connectivity index (χ4n) is 2.79. The fourth-order valence-corrected chi connectivity index (χ4v) is 3.73. The monoisotopic (exact) mass is 258 g/mol. The minimum Gasteiger partial charge on any atom is -0.381 e. The van der Waals surface area contributed by atoms with Crippen molar-refractivity contribution < 1.29 is 0 Å². The molecule has 2 aromatic rings. The van der Waals surface area contributed by atoms with Crippen LogP contribution < -0.4 is 5.32 Å². The minimum absolute atomic E-state index is 0.603. The van der Waals surface area contributed by atoms with Gasteiger partial charge in [-0.25, -0.2) is 0 Å². The van der Waals surface area contributed by atoms with E-state index in [1.165, 1.54) is 30.3 Å². The number of para-hydroxylation sites is 1. The van der Waals surface area contributed by atoms with E-state index in [1.807, 2.05) is 24.0 Å². The first-order chi connectivity index (χ1) is 8.88. The zero-order valence-electron chi connectivity index (χ0n) is 10.6. The lowest BCUT2D eigenvalue weighted by Gasteiger charge is -2.21. The molecular formula is C15H18N2S. The Morgan fingerprint density at radius 1 is 1.22 bits per heavy atom. The van der Waals surface area contributed by atoms with Crippen LogP contribution in [-0.2, 0) is 0 Å². The van der Waals surface area contributed by atoms with Crippen LogP contribution in [0.1, 0.15) is 19.3 Å². The normalized spacial score (nSPS) is 23.4. The maximum absolute atomic E-state index is 4.41. The molecule has 94 valence electrons. The van der Waals surface area contributed by atoms with Gasteiger partial charge in [-0.05, 0) is 31.2 Å². The molecule has 1 N–H and O–H groups in total. The van der Waals surface area contributed by atoms with Crippen LogP contribution >= 0.6 is 11.8 Å². The van der Waals surface area contributed by atoms with Crippen molar-refractivity contribution in [2.45, 2.75) is 30.6 Å². The minimum atomic E-state index is 0.603. The number of hydrogen-bond acceptors (Lipinski definition) is 3. The number of nitrogens with one attached hydrogen (secondary N) is 1. The number of fused-ring (bicyclic) bond motifs is 1. The Balaban J connectivity index is 1.90. The third-order valence-corrected chi connectivity index (χ3v) is 4.91. The average Bonchev–Trinajstić information content (AvgIpc) is 2.86. The highest BCUT2D eigenvalue weighted by Gasteiger charge is 2.26. The topological polar surface area (TPSA) is 24.9 Å². The van der Waals surface area contributed by atoms with E-state index in [-0.39, 0.29) is 0 Å². The number of pyridine rings is 1. The molecule has 1 aliphatic carbocycles. The zero-order chi connectivity index (χ0) is 12.4. The Kier molecular flexibility index (Phi) is 3.41. The Morgan fingerprint density at radius 3 is 3.00 bits per heavy atom. The molecule has 2 unspecified atom stereocenters. The average molecular weight is 258 g/mol. The maximum Gasteiger partial charge on any atom is 0.0722 e. The first-order valence-corrected chi connectivity index (χ1v) is 7.80. The van der Waals surface area contributed by atoms with Crippen molar-refractivity contribution in [1.29, 1.82) is 0 Å². The third-order valence-electron chi connectivity index (χ3n) is 3.75. The number of rotatable bonds is 3. The molecule has 0 saturated heterocycles. The smallest absolute Gasteiger partial charge is 0.0722 e. The molecule has 3 heteroatoms. The van der Waals surface area contributed by atoms with E-state index in [2.05, 4.69) is 40.8 Å². The fraction of sp³-hybridized carbons (Fsp3) is 0.400. The highest BCUT2D eigenvalue weighted by molar-refractivity contribution is 7.99. The summed E-state index contributed by atoms with van der Waals surface area (Å²) < 4.78 is 0. The summed E-state index contributed by atoms with van der Waals surface area (Å²) in [5, 5.41) is 5.70. The predicted molar refractivity (Wildman–Crippen MR) is 80.3 cm³/mol. The van der Waals surface area contributed by atoms with Crippen molar-refractivity contribution in [1.82, 2.24) is 4.98 Å². The lowest BCUT2D eigenvalue weighted by Crippen LogP contribution is -2.25. The number of thioether (sulfide) groups is 1. The van der Waals surface area contributed by atoms with Gasteiger partial charge in [-0.15, -0.1) is 0 Å². The molecule has 0 aliphatic heterocycles. The van der Waals surface area contributed by atoms with Crippen molar-refractivity contribution in [2.24, 2.45) is 0 Å². The summed E-state index contributed by atoms with van der Waals surface area (Å²) in [7, 11) is 0. The number of hydrogen-bond donors (Lipinski definition) is 1. The van der Waals surface area contributed by atoms with Gasteiger partial charge in [-0.1, -0.05) is 24.6 Å². The second-order valence-electron chi connectivity index (χ2n) is 4.83. The summed E-state index contributed by atoms with van der Waals surface area (Å²) in [5.41, 5.74) is 2.30. The molecule has 0 bridgehead atoms. The van der Waals surface area contributed by atoms with Crippen molar-refractivity contribution in [3.63, 3.8) is 0 Å². The van der Waals surface area contributed by atoms with Crippen molar-refractivity contribution in [3.05, 3.63) is 36.5 Å². The van der Waals surface area contributed by atoms with Gasteiger partial charge >= 0.3 is 0 Å². The highest BCUT2D eigenvalue weighted by Crippen LogP contribution is 2.32. The number of anilines is 1. The van der Waals surface area contributed by atoms with Gasteiger partial charge in [-0.2, -0.15) is 11.8 Å². The molecule has 2 atom stereocenters. The zero-order valence-corrected chi connectivity index (χ0v) is 11.4. The molecule has 18 heavy (non-hydrogen) atoms. The van der Waals surface area contributed by atoms with Gasteiger partial charge in [0, 0.05) is 28.6 Å². The Bertz CT molecular complexity index is 536. The van der Waals surface area contributed by atoms with E-state index >= 15 is 0 Å². The summed E-state index contributed by atoms with van der Waals surface area (Å²) in [6.07, 6.45) is 8.07. The van der Waals surface area contributed by atoms with Gasteiger partial charge in [0.2, 0.25) is 0 Å². The lowest BCUT2D eigenvalue weighted by atomic mass is 10.1. The number of nitrogens with zero attached hydrogens (tertiary/aromatic N) is 1. The Labute approximate surface area is 112 Å². The van der Waals surface area contributed by atoms with E-state index in [1.54, 1.807) is 0 Å². The molecular weight excluding hydrogens is 240 g/mol. The molecule has 1 aromatic heterocycles. The second kappa shape index (κ2) is 5.19. The molecule has 1 saturated carbocycles. The third kappa shape index (κ3) is 2.19. The summed E-state index contributed by atoms with van der Waals surface area (Å²) in [6, 6.07) is 11.0. The van der Waals surface area contributed by atoms with Crippen LogP contribution in [0.5, 0.6) is 0 Å². The molecule has 0 radical (unpaired) electrons. The maximum atomic E-state index is 4.41. The standard InChI is InChI=1S/C15H18N2S/c1-18-15-8-4-7-14(15)17-13-9-10-16-12-6-3-2-5-11(12)13/h2-3,5-6,9-10,14-15H,4,7-8H2,1H3,(H,16,17). The van der Waals surface area contributed by atoms with Gasteiger partial charge in [0.15, 0.2) is 0 Å². The van der Waals surface area contributed by atoms with Gasteiger partial charge < -0.3 is 5.32 Å². The molecule has 1 aliphatic rings. The molecule has 2 nitrogen and oxygen atoms in total. The molecule has 0 spiro atoms. The van der Waals surface area contributed by atoms with Crippen molar-refractivity contribution in [3.8, 4) is 0 Å². The number of benzene rings is 1. The quantitative estimate of drug-likeness (QED) is 0.903. The predicted octanol–water partition coefficient (Wildman–Crippen LogP) is 3.93. The van der Waals surface area contributed by atoms with Crippen LogP contribution in [0.2, 0.25) is 0 Å². The summed E-state index contributed by atoms with van der Waals surface area (Å²) in [5.74, 6) is 0. The van der Waals surface area contributed by atoms with E-state index in [4.69, 9.17) is 0 Å². The summed E-state index contributed by atoms with van der Waals surface area (Å²) >= 11 is 1.99. The Morgan fingerprint density at radius 2 is 2.11 bits per heavy atom. The van der Waals surface area contributed by atoms with E-state index in [0.717, 1.165) is 10.8 Å². The van der Waals surface area contributed by atoms with E-state index < -0.39 is 0 Å². The molecule has 0 amide bonds. The highest BCUT2D eigenvalue weighted by atomic mass is 32.2. The van der Waals surface area contributed by atoms with Gasteiger partial charge in [0.25, 0.3) is 0 Å². The van der Waals surface area contributed by atoms with Gasteiger partial charge in [-0.3, -0.25) is 4.98 Å². The summed E-state index contributed by atoms with van der Waals surface area (Å²) in [6.45, 7) is 0. The second-order valence-corrected chi connectivity index (χ2v) is 5.91. The van der Waals surface area contributed by atoms with E-state index in [9.17, 15) is 0 Å². The number of aromatic nitrogens is 1. The van der Waals surface area contributed by atoms with Gasteiger partial charge in [0.1, 0.15) is 0 Å². The largest absolute Gasteiger partial charge is 0.381 e. The summed E-state index contributed by atoms with van der Waals surface area (Å²) in [4.78, 5) is 4.41. The SMILES string of the molecule is CSC1CCCC1Nc1ccnc2ccccc12. The molecule has 1 heterocycles. The van der Waals surface area contributed by atoms with Crippen LogP contribution in [-0.4, -0.2) is 22.5 Å². The lowest BCUT2D eigenvalue weighted by molar-refractivity contribution is 0.770. The van der Waals surface area contributed by atoms with Crippen LogP contribution in [0, 0.1) is 0 Å². The van der Waals surface area contributed by atoms with E-state index in [0.29, 0.717) is 6.04 Å². The molecule has 1 aromatic carbocycles. The van der Waals surface area contributed by atoms with Crippen molar-refractivity contribution >= 4 is 28.4 Å². The van der Waals surface area contributed by atoms with Crippen LogP contribution in [0.4, 0.5) is 5.69 Å². The molecule has 1 fully saturated rings. The van der Waals surface area contributed by atoms with Crippen LogP contribution in [0.15, 0.2) is 36.5 Å². The van der Waals surface area contributed by atoms with Crippen molar-refractivity contribution in [2.75, 3.05) is 11.6 Å². The first kappa shape index (κ1) is 11.8. The van der Waals surface area contributed by atoms with Gasteiger partial charge in [0.05, 0.1) is 5.52 Å². The first-order valence-electron chi connectivity index (χ1n) is 6.51. The van der Waals surface area contributed by atoms with Crippen LogP contribution in [0.3, 0.4) is 0 Å². The molecule has 3 rings (SSSR count). The Hall–Kier alpha value is -1.22.